The summed E-state index contributed by atoms with van der Waals surface area (Å²) in [5.74, 6) is 1.63. The van der Waals surface area contributed by atoms with E-state index in [1.54, 1.807) is 0 Å². The number of ketones is 1. The van der Waals surface area contributed by atoms with Gasteiger partial charge in [-0.3, -0.25) is 9.59 Å². The first kappa shape index (κ1) is 33.7. The van der Waals surface area contributed by atoms with Gasteiger partial charge in [0, 0.05) is 23.7 Å². The molecule has 5 nitrogen and oxygen atoms in total. The van der Waals surface area contributed by atoms with Crippen LogP contribution < -0.4 is 4.74 Å². The van der Waals surface area contributed by atoms with Gasteiger partial charge in [-0.15, -0.1) is 0 Å². The van der Waals surface area contributed by atoms with Crippen LogP contribution in [0.1, 0.15) is 97.4 Å². The molecule has 0 N–H and O–H groups in total. The largest absolute Gasteiger partial charge is 0.481 e. The number of carbonyl (C=O) groups excluding carboxylic acids is 2. The zero-order valence-electron chi connectivity index (χ0n) is 28.4. The molecule has 0 atom stereocenters. The Balaban J connectivity index is 1.37. The number of esters is 1. The van der Waals surface area contributed by atoms with E-state index in [1.165, 1.54) is 11.1 Å². The van der Waals surface area contributed by atoms with E-state index in [2.05, 4.69) is 76.2 Å². The molecule has 3 aromatic carbocycles. The van der Waals surface area contributed by atoms with Gasteiger partial charge in [-0.1, -0.05) is 82.3 Å². The fourth-order valence-corrected chi connectivity index (χ4v) is 6.15. The van der Waals surface area contributed by atoms with Crippen LogP contribution in [0.3, 0.4) is 0 Å². The Bertz CT molecular complexity index is 1710. The Labute approximate surface area is 279 Å². The van der Waals surface area contributed by atoms with Crippen molar-refractivity contribution in [3.05, 3.63) is 142 Å². The zero-order valence-corrected chi connectivity index (χ0v) is 28.4. The van der Waals surface area contributed by atoms with Gasteiger partial charge in [0.1, 0.15) is 11.9 Å². The predicted molar refractivity (Wildman–Crippen MR) is 189 cm³/mol. The van der Waals surface area contributed by atoms with Gasteiger partial charge in [-0.25, -0.2) is 0 Å². The maximum Gasteiger partial charge on any atom is 0.305 e. The molecule has 0 fully saturated rings. The maximum absolute atomic E-state index is 13.8. The van der Waals surface area contributed by atoms with Crippen molar-refractivity contribution in [2.24, 2.45) is 11.8 Å². The normalized spacial score (nSPS) is 11.5. The summed E-state index contributed by atoms with van der Waals surface area (Å²) < 4.78 is 13.7. The summed E-state index contributed by atoms with van der Waals surface area (Å²) in [6.07, 6.45) is 5.41. The SMILES string of the molecule is CCOC(=O)CCCc1cc(C(=O)c2ccc(OC(c3ccc(CC(C)C)cc3)c3ccc(CC(C)C)cc3)cc2)n2ccccc12. The maximum atomic E-state index is 13.8. The molecule has 0 aliphatic heterocycles. The van der Waals surface area contributed by atoms with Gasteiger partial charge in [0.25, 0.3) is 0 Å². The van der Waals surface area contributed by atoms with Gasteiger partial charge in [0.05, 0.1) is 12.3 Å². The summed E-state index contributed by atoms with van der Waals surface area (Å²) in [5.41, 5.74) is 8.01. The number of aromatic nitrogens is 1. The van der Waals surface area contributed by atoms with Crippen molar-refractivity contribution in [1.29, 1.82) is 0 Å². The Morgan fingerprint density at radius 2 is 1.34 bits per heavy atom. The first-order valence-corrected chi connectivity index (χ1v) is 17.0. The summed E-state index contributed by atoms with van der Waals surface area (Å²) in [6.45, 7) is 11.1. The van der Waals surface area contributed by atoms with Gasteiger partial charge < -0.3 is 13.9 Å². The summed E-state index contributed by atoms with van der Waals surface area (Å²) in [6, 6.07) is 32.8. The van der Waals surface area contributed by atoms with Crippen LogP contribution in [0.25, 0.3) is 5.52 Å². The van der Waals surface area contributed by atoms with Gasteiger partial charge in [-0.2, -0.15) is 0 Å². The van der Waals surface area contributed by atoms with Crippen LogP contribution in [-0.4, -0.2) is 22.8 Å². The third kappa shape index (κ3) is 8.79. The zero-order chi connectivity index (χ0) is 33.3. The molecule has 0 saturated carbocycles. The third-order valence-corrected chi connectivity index (χ3v) is 8.35. The van der Waals surface area contributed by atoms with E-state index in [0.717, 1.165) is 35.0 Å². The second-order valence-electron chi connectivity index (χ2n) is 13.2. The van der Waals surface area contributed by atoms with Crippen molar-refractivity contribution in [1.82, 2.24) is 4.40 Å². The van der Waals surface area contributed by atoms with E-state index in [-0.39, 0.29) is 17.9 Å². The van der Waals surface area contributed by atoms with E-state index in [1.807, 2.05) is 66.1 Å². The van der Waals surface area contributed by atoms with Crippen molar-refractivity contribution >= 4 is 17.3 Å². The predicted octanol–water partition coefficient (Wildman–Crippen LogP) is 9.62. The number of pyridine rings is 1. The summed E-state index contributed by atoms with van der Waals surface area (Å²) in [4.78, 5) is 25.7. The monoisotopic (exact) mass is 629 g/mol. The lowest BCUT2D eigenvalue weighted by Gasteiger charge is -2.21. The smallest absolute Gasteiger partial charge is 0.305 e. The van der Waals surface area contributed by atoms with Gasteiger partial charge in [0.2, 0.25) is 5.78 Å². The van der Waals surface area contributed by atoms with Crippen LogP contribution in [-0.2, 0) is 28.8 Å². The lowest BCUT2D eigenvalue weighted by Crippen LogP contribution is -2.10. The number of ether oxygens (including phenoxy) is 2. The summed E-state index contributed by atoms with van der Waals surface area (Å²) in [5, 5.41) is 0. The second-order valence-corrected chi connectivity index (χ2v) is 13.2. The van der Waals surface area contributed by atoms with E-state index in [0.29, 0.717) is 54.7 Å². The molecule has 0 spiro atoms. The van der Waals surface area contributed by atoms with Crippen molar-refractivity contribution in [2.75, 3.05) is 6.61 Å². The number of benzene rings is 3. The molecular formula is C42H47NO4. The van der Waals surface area contributed by atoms with E-state index < -0.39 is 0 Å². The van der Waals surface area contributed by atoms with Gasteiger partial charge >= 0.3 is 5.97 Å². The molecule has 5 rings (SSSR count). The van der Waals surface area contributed by atoms with Crippen molar-refractivity contribution in [3.63, 3.8) is 0 Å². The van der Waals surface area contributed by atoms with Crippen molar-refractivity contribution < 1.29 is 19.1 Å². The van der Waals surface area contributed by atoms with E-state index >= 15 is 0 Å². The van der Waals surface area contributed by atoms with E-state index in [9.17, 15) is 9.59 Å². The fourth-order valence-electron chi connectivity index (χ4n) is 6.15. The molecule has 0 aliphatic carbocycles. The van der Waals surface area contributed by atoms with Crippen molar-refractivity contribution in [2.45, 2.75) is 72.8 Å². The topological polar surface area (TPSA) is 57.0 Å². The number of hydrogen-bond donors (Lipinski definition) is 0. The number of rotatable bonds is 15. The minimum Gasteiger partial charge on any atom is -0.481 e. The van der Waals surface area contributed by atoms with Gasteiger partial charge in [-0.05, 0) is 115 Å². The number of aryl methyl sites for hydroxylation is 1. The molecule has 2 heterocycles. The average Bonchev–Trinajstić information content (AvgIpc) is 3.43. The summed E-state index contributed by atoms with van der Waals surface area (Å²) in [7, 11) is 0. The standard InChI is InChI=1S/C42H47NO4/c1-6-46-40(44)12-9-10-36-28-39(43-25-8-7-11-38(36)43)41(45)33-21-23-37(24-22-33)47-42(34-17-13-31(14-18-34)26-29(2)3)35-19-15-32(16-20-35)27-30(4)5/h7-8,11,13-25,28-30,42H,6,9-10,12,26-27H2,1-5H3. The molecule has 0 radical (unpaired) electrons. The van der Waals surface area contributed by atoms with Crippen LogP contribution in [0.5, 0.6) is 5.75 Å². The Kier molecular flexibility index (Phi) is 11.3. The van der Waals surface area contributed by atoms with Crippen LogP contribution in [0.4, 0.5) is 0 Å². The number of hydrogen-bond acceptors (Lipinski definition) is 4. The van der Waals surface area contributed by atoms with Crippen molar-refractivity contribution in [3.8, 4) is 5.75 Å². The molecule has 0 amide bonds. The van der Waals surface area contributed by atoms with Crippen LogP contribution in [0.15, 0.2) is 103 Å². The quantitative estimate of drug-likeness (QED) is 0.0855. The van der Waals surface area contributed by atoms with Crippen LogP contribution >= 0.6 is 0 Å². The minimum atomic E-state index is -0.288. The molecular weight excluding hydrogens is 582 g/mol. The Morgan fingerprint density at radius 3 is 1.89 bits per heavy atom. The molecule has 244 valence electrons. The lowest BCUT2D eigenvalue weighted by atomic mass is 9.95. The Hall–Kier alpha value is -4.64. The lowest BCUT2D eigenvalue weighted by molar-refractivity contribution is -0.143. The fraction of sp³-hybridized carbons (Fsp3) is 0.333. The third-order valence-electron chi connectivity index (χ3n) is 8.35. The highest BCUT2D eigenvalue weighted by Gasteiger charge is 2.20. The highest BCUT2D eigenvalue weighted by atomic mass is 16.5. The molecule has 47 heavy (non-hydrogen) atoms. The first-order chi connectivity index (χ1) is 22.7. The molecule has 0 saturated heterocycles. The molecule has 5 heteroatoms. The molecule has 5 aromatic rings. The minimum absolute atomic E-state index is 0.0626. The average molecular weight is 630 g/mol. The number of nitrogens with zero attached hydrogens (tertiary/aromatic N) is 1. The number of carbonyl (C=O) groups is 2. The van der Waals surface area contributed by atoms with Crippen LogP contribution in [0.2, 0.25) is 0 Å². The molecule has 0 bridgehead atoms. The second kappa shape index (κ2) is 15.8. The molecule has 0 unspecified atom stereocenters. The van der Waals surface area contributed by atoms with E-state index in [4.69, 9.17) is 9.47 Å². The highest BCUT2D eigenvalue weighted by Crippen LogP contribution is 2.31. The Morgan fingerprint density at radius 1 is 0.745 bits per heavy atom. The highest BCUT2D eigenvalue weighted by molar-refractivity contribution is 6.09. The van der Waals surface area contributed by atoms with Crippen LogP contribution in [0, 0.1) is 11.8 Å². The first-order valence-electron chi connectivity index (χ1n) is 17.0. The van der Waals surface area contributed by atoms with Gasteiger partial charge in [0.15, 0.2) is 0 Å². The number of fused-ring (bicyclic) bond motifs is 1. The molecule has 0 aliphatic rings. The molecule has 2 aromatic heterocycles. The summed E-state index contributed by atoms with van der Waals surface area (Å²) >= 11 is 0.